The van der Waals surface area contributed by atoms with Gasteiger partial charge in [0.1, 0.15) is 23.2 Å². The van der Waals surface area contributed by atoms with Gasteiger partial charge in [0.2, 0.25) is 23.6 Å². The lowest BCUT2D eigenvalue weighted by molar-refractivity contribution is -0.146. The summed E-state index contributed by atoms with van der Waals surface area (Å²) in [5, 5.41) is 5.26. The van der Waals surface area contributed by atoms with Crippen LogP contribution in [-0.4, -0.2) is 95.9 Å². The Bertz CT molecular complexity index is 1690. The molecule has 1 aliphatic carbocycles. The Balaban J connectivity index is 1.37. The lowest BCUT2D eigenvalue weighted by atomic mass is 9.85. The summed E-state index contributed by atoms with van der Waals surface area (Å²) in [6.07, 6.45) is 4.84. The number of nitrogens with two attached hydrogens (primary N) is 2. The van der Waals surface area contributed by atoms with Gasteiger partial charge in [-0.05, 0) is 72.6 Å². The minimum absolute atomic E-state index is 0.261. The van der Waals surface area contributed by atoms with E-state index in [0.29, 0.717) is 69.0 Å². The number of carbonyl (C=O) groups is 6. The van der Waals surface area contributed by atoms with Crippen LogP contribution in [0.15, 0.2) is 48.5 Å². The van der Waals surface area contributed by atoms with Gasteiger partial charge in [-0.2, -0.15) is 0 Å². The molecule has 0 radical (unpaired) electrons. The van der Waals surface area contributed by atoms with Crippen LogP contribution in [0.2, 0.25) is 0 Å². The molecule has 2 heterocycles. The van der Waals surface area contributed by atoms with Crippen LogP contribution >= 0.6 is 0 Å². The van der Waals surface area contributed by atoms with Gasteiger partial charge in [-0.25, -0.2) is 9.59 Å². The maximum atomic E-state index is 13.9. The molecule has 58 heavy (non-hydrogen) atoms. The zero-order chi connectivity index (χ0) is 42.4. The number of methoxy groups -OCH3 is 2. The fourth-order valence-corrected chi connectivity index (χ4v) is 9.19. The summed E-state index contributed by atoms with van der Waals surface area (Å²) in [6, 6.07) is 14.0. The van der Waals surface area contributed by atoms with Crippen molar-refractivity contribution in [2.24, 2.45) is 23.3 Å². The Labute approximate surface area is 341 Å². The highest BCUT2D eigenvalue weighted by Gasteiger charge is 2.53. The van der Waals surface area contributed by atoms with Gasteiger partial charge < -0.3 is 41.4 Å². The third kappa shape index (κ3) is 8.79. The molecule has 2 saturated heterocycles. The van der Waals surface area contributed by atoms with Crippen LogP contribution in [-0.2, 0) is 52.8 Å². The Morgan fingerprint density at radius 2 is 1.02 bits per heavy atom. The highest BCUT2D eigenvalue weighted by molar-refractivity contribution is 5.96. The van der Waals surface area contributed by atoms with Crippen molar-refractivity contribution in [2.75, 3.05) is 27.3 Å². The zero-order valence-corrected chi connectivity index (χ0v) is 34.8. The standard InChI is InChI=1S/C43H61N7O8/c1-27(2)34(46-40(55)57-5)36(51)49-23-9-21-42(49,38(44)53)31-17-13-29(14-18-31)25-48(33-11-7-8-12-33)26-30-15-19-32(20-16-30)43(39(45)54)22-10-24-50(43)37(52)35(28(3)4)47-41(56)58-6/h13-20,27-28,33-35H,7-12,21-26H2,1-6H3,(H2,44,53)(H2,45,54)(H,46,55)(H,47,56)/t34-,35-,42-,43-/m0/s1. The van der Waals surface area contributed by atoms with Gasteiger partial charge in [-0.1, -0.05) is 89.1 Å². The van der Waals surface area contributed by atoms with E-state index in [9.17, 15) is 28.8 Å². The number of benzene rings is 2. The maximum absolute atomic E-state index is 13.9. The van der Waals surface area contributed by atoms with Crippen molar-refractivity contribution in [3.05, 3.63) is 70.8 Å². The second kappa shape index (κ2) is 18.6. The maximum Gasteiger partial charge on any atom is 0.407 e. The molecule has 2 aromatic rings. The van der Waals surface area contributed by atoms with Gasteiger partial charge in [-0.3, -0.25) is 24.1 Å². The van der Waals surface area contributed by atoms with Crippen LogP contribution in [0.1, 0.15) is 101 Å². The number of ether oxygens (including phenoxy) is 2. The Morgan fingerprint density at radius 1 is 0.655 bits per heavy atom. The van der Waals surface area contributed by atoms with Crippen LogP contribution in [0.3, 0.4) is 0 Å². The van der Waals surface area contributed by atoms with Crippen molar-refractivity contribution >= 4 is 35.8 Å². The van der Waals surface area contributed by atoms with E-state index in [4.69, 9.17) is 20.9 Å². The summed E-state index contributed by atoms with van der Waals surface area (Å²) < 4.78 is 9.53. The second-order valence-corrected chi connectivity index (χ2v) is 16.6. The second-order valence-electron chi connectivity index (χ2n) is 16.6. The molecule has 0 aromatic heterocycles. The molecule has 2 aliphatic heterocycles. The van der Waals surface area contributed by atoms with E-state index in [-0.39, 0.29) is 23.7 Å². The first-order valence-electron chi connectivity index (χ1n) is 20.4. The van der Waals surface area contributed by atoms with Gasteiger partial charge in [0.15, 0.2) is 0 Å². The molecule has 3 fully saturated rings. The topological polar surface area (TPSA) is 207 Å². The number of alkyl carbamates (subject to hydrolysis) is 2. The molecule has 6 N–H and O–H groups in total. The van der Waals surface area contributed by atoms with Crippen molar-refractivity contribution in [1.29, 1.82) is 0 Å². The molecule has 5 rings (SSSR count). The summed E-state index contributed by atoms with van der Waals surface area (Å²) in [5.41, 5.74) is 12.8. The number of hydrogen-bond donors (Lipinski definition) is 4. The quantitative estimate of drug-likeness (QED) is 0.205. The van der Waals surface area contributed by atoms with E-state index in [1.54, 1.807) is 0 Å². The molecule has 15 nitrogen and oxygen atoms in total. The monoisotopic (exact) mass is 803 g/mol. The molecule has 0 spiro atoms. The molecule has 0 unspecified atom stereocenters. The van der Waals surface area contributed by atoms with Crippen LogP contribution in [0.4, 0.5) is 9.59 Å². The number of nitrogens with zero attached hydrogens (tertiary/aromatic N) is 3. The number of nitrogens with one attached hydrogen (secondary N) is 2. The average Bonchev–Trinajstić information content (AvgIpc) is 4.00. The summed E-state index contributed by atoms with van der Waals surface area (Å²) in [5.74, 6) is -2.54. The molecule has 3 aliphatic rings. The van der Waals surface area contributed by atoms with E-state index < -0.39 is 47.2 Å². The summed E-state index contributed by atoms with van der Waals surface area (Å²) in [4.78, 5) is 84.2. The summed E-state index contributed by atoms with van der Waals surface area (Å²) in [6.45, 7) is 9.19. The van der Waals surface area contributed by atoms with Crippen molar-refractivity contribution < 1.29 is 38.2 Å². The fourth-order valence-electron chi connectivity index (χ4n) is 9.19. The van der Waals surface area contributed by atoms with Crippen molar-refractivity contribution in [2.45, 2.75) is 121 Å². The normalized spacial score (nSPS) is 21.9. The van der Waals surface area contributed by atoms with Gasteiger partial charge in [0.25, 0.3) is 0 Å². The van der Waals surface area contributed by atoms with E-state index in [0.717, 1.165) is 36.8 Å². The van der Waals surface area contributed by atoms with Gasteiger partial charge >= 0.3 is 12.2 Å². The number of carbonyl (C=O) groups excluding carboxylic acids is 6. The molecular formula is C43H61N7O8. The van der Waals surface area contributed by atoms with Crippen LogP contribution < -0.4 is 22.1 Å². The summed E-state index contributed by atoms with van der Waals surface area (Å²) in [7, 11) is 2.47. The first-order valence-corrected chi connectivity index (χ1v) is 20.4. The van der Waals surface area contributed by atoms with Gasteiger partial charge in [0, 0.05) is 32.2 Å². The predicted octanol–water partition coefficient (Wildman–Crippen LogP) is 4.00. The van der Waals surface area contributed by atoms with E-state index in [2.05, 4.69) is 15.5 Å². The minimum atomic E-state index is -1.36. The smallest absolute Gasteiger partial charge is 0.407 e. The highest BCUT2D eigenvalue weighted by Crippen LogP contribution is 2.42. The van der Waals surface area contributed by atoms with Crippen molar-refractivity contribution in [3.8, 4) is 0 Å². The van der Waals surface area contributed by atoms with Crippen molar-refractivity contribution in [1.82, 2.24) is 25.3 Å². The Hall–Kier alpha value is -5.18. The lowest BCUT2D eigenvalue weighted by Crippen LogP contribution is -2.59. The Kier molecular flexibility index (Phi) is 14.1. The van der Waals surface area contributed by atoms with Crippen LogP contribution in [0, 0.1) is 11.8 Å². The van der Waals surface area contributed by atoms with Crippen LogP contribution in [0.25, 0.3) is 0 Å². The van der Waals surface area contributed by atoms with Gasteiger partial charge in [-0.15, -0.1) is 0 Å². The van der Waals surface area contributed by atoms with Crippen LogP contribution in [0.5, 0.6) is 0 Å². The van der Waals surface area contributed by atoms with E-state index in [1.165, 1.54) is 24.0 Å². The molecule has 2 aromatic carbocycles. The zero-order valence-electron chi connectivity index (χ0n) is 34.8. The molecule has 6 amide bonds. The molecular weight excluding hydrogens is 743 g/mol. The Morgan fingerprint density at radius 3 is 1.33 bits per heavy atom. The fraction of sp³-hybridized carbons (Fsp3) is 0.581. The minimum Gasteiger partial charge on any atom is -0.453 e. The molecule has 316 valence electrons. The third-order valence-electron chi connectivity index (χ3n) is 12.4. The largest absolute Gasteiger partial charge is 0.453 e. The van der Waals surface area contributed by atoms with E-state index in [1.807, 2.05) is 76.2 Å². The summed E-state index contributed by atoms with van der Waals surface area (Å²) >= 11 is 0. The highest BCUT2D eigenvalue weighted by atomic mass is 16.5. The molecule has 15 heteroatoms. The number of amides is 6. The number of rotatable bonds is 15. The van der Waals surface area contributed by atoms with E-state index >= 15 is 0 Å². The lowest BCUT2D eigenvalue weighted by Gasteiger charge is -2.39. The van der Waals surface area contributed by atoms with Gasteiger partial charge in [0.05, 0.1) is 14.2 Å². The average molecular weight is 804 g/mol. The predicted molar refractivity (Wildman–Crippen MR) is 216 cm³/mol. The SMILES string of the molecule is COC(=O)N[C@H](C(=O)N1CCC[C@@]1(C(N)=O)c1ccc(CN(Cc2ccc([C@]3(C(N)=O)CCCN3C(=O)[C@@H](NC(=O)OC)C(C)C)cc2)C2CCCC2)cc1)C(C)C. The first kappa shape index (κ1) is 43.9. The number of primary amides is 2. The molecule has 4 atom stereocenters. The third-order valence-corrected chi connectivity index (χ3v) is 12.4. The molecule has 1 saturated carbocycles. The molecule has 0 bridgehead atoms. The first-order chi connectivity index (χ1) is 27.6. The number of likely N-dealkylation sites (tertiary alicyclic amines) is 2. The number of hydrogen-bond acceptors (Lipinski definition) is 9. The van der Waals surface area contributed by atoms with Crippen molar-refractivity contribution in [3.63, 3.8) is 0 Å².